The summed E-state index contributed by atoms with van der Waals surface area (Å²) in [5, 5.41) is 10.1. The molecule has 1 aromatic heterocycles. The van der Waals surface area contributed by atoms with Gasteiger partial charge in [0.05, 0.1) is 33.0 Å². The summed E-state index contributed by atoms with van der Waals surface area (Å²) in [6.45, 7) is 5.79. The zero-order valence-corrected chi connectivity index (χ0v) is 20.6. The van der Waals surface area contributed by atoms with Gasteiger partial charge >= 0.3 is 0 Å². The number of rotatable bonds is 5. The van der Waals surface area contributed by atoms with E-state index in [9.17, 15) is 0 Å². The van der Waals surface area contributed by atoms with Crippen LogP contribution in [0.2, 0.25) is 0 Å². The first-order chi connectivity index (χ1) is 14.7. The molecular formula is C23H30IN5O2. The van der Waals surface area contributed by atoms with Gasteiger partial charge in [0.15, 0.2) is 5.96 Å². The number of hydrogen-bond donors (Lipinski definition) is 1. The quantitative estimate of drug-likeness (QED) is 0.307. The van der Waals surface area contributed by atoms with Crippen molar-refractivity contribution in [1.29, 1.82) is 0 Å². The molecule has 0 radical (unpaired) electrons. The van der Waals surface area contributed by atoms with E-state index in [1.807, 2.05) is 30.2 Å². The highest BCUT2D eigenvalue weighted by Crippen LogP contribution is 2.23. The topological polar surface area (TPSA) is 63.9 Å². The normalized spacial score (nSPS) is 16.8. The lowest BCUT2D eigenvalue weighted by Gasteiger charge is -2.34. The van der Waals surface area contributed by atoms with Crippen molar-refractivity contribution in [3.05, 3.63) is 59.9 Å². The Labute approximate surface area is 200 Å². The minimum absolute atomic E-state index is 0. The Bertz CT molecular complexity index is 1040. The van der Waals surface area contributed by atoms with Crippen LogP contribution in [0.4, 0.5) is 0 Å². The first kappa shape index (κ1) is 23.3. The van der Waals surface area contributed by atoms with Gasteiger partial charge in [0.1, 0.15) is 11.9 Å². The van der Waals surface area contributed by atoms with E-state index in [0.29, 0.717) is 13.2 Å². The number of aliphatic imine (C=N–C) groups is 1. The summed E-state index contributed by atoms with van der Waals surface area (Å²) in [6, 6.07) is 12.6. The average molecular weight is 535 g/mol. The van der Waals surface area contributed by atoms with Crippen molar-refractivity contribution in [2.45, 2.75) is 19.6 Å². The molecule has 1 atom stereocenters. The van der Waals surface area contributed by atoms with Crippen LogP contribution in [0.3, 0.4) is 0 Å². The molecule has 1 unspecified atom stereocenters. The van der Waals surface area contributed by atoms with Crippen LogP contribution in [-0.4, -0.2) is 54.0 Å². The molecule has 7 nitrogen and oxygen atoms in total. The molecule has 1 aliphatic heterocycles. The molecule has 0 amide bonds. The van der Waals surface area contributed by atoms with E-state index in [0.717, 1.165) is 36.9 Å². The zero-order chi connectivity index (χ0) is 20.9. The van der Waals surface area contributed by atoms with E-state index in [2.05, 4.69) is 52.6 Å². The Morgan fingerprint density at radius 1 is 1.26 bits per heavy atom. The Kier molecular flexibility index (Phi) is 8.14. The van der Waals surface area contributed by atoms with Gasteiger partial charge in [-0.3, -0.25) is 4.68 Å². The minimum atomic E-state index is 0. The summed E-state index contributed by atoms with van der Waals surface area (Å²) in [4.78, 5) is 7.19. The van der Waals surface area contributed by atoms with Crippen LogP contribution in [0, 0.1) is 0 Å². The second-order valence-corrected chi connectivity index (χ2v) is 7.47. The molecule has 3 aromatic rings. The number of nitrogens with one attached hydrogen (secondary N) is 1. The Morgan fingerprint density at radius 2 is 2.06 bits per heavy atom. The predicted molar refractivity (Wildman–Crippen MR) is 134 cm³/mol. The second kappa shape index (κ2) is 10.8. The van der Waals surface area contributed by atoms with Gasteiger partial charge in [-0.1, -0.05) is 18.2 Å². The van der Waals surface area contributed by atoms with Gasteiger partial charge < -0.3 is 19.7 Å². The SMILES string of the molecule is CCNC(=NCc1ccc2cc(OC)ccc2c1)N1CCOC(c2cnn(C)c2)C1.I. The largest absolute Gasteiger partial charge is 0.497 e. The van der Waals surface area contributed by atoms with Crippen molar-refractivity contribution in [2.75, 3.05) is 33.4 Å². The van der Waals surface area contributed by atoms with E-state index in [1.54, 1.807) is 7.11 Å². The third-order valence-corrected chi connectivity index (χ3v) is 5.32. The number of methoxy groups -OCH3 is 1. The van der Waals surface area contributed by atoms with Crippen LogP contribution in [0.15, 0.2) is 53.8 Å². The second-order valence-electron chi connectivity index (χ2n) is 7.47. The lowest BCUT2D eigenvalue weighted by Crippen LogP contribution is -2.48. The number of aromatic nitrogens is 2. The van der Waals surface area contributed by atoms with Crippen LogP contribution in [0.5, 0.6) is 5.75 Å². The third-order valence-electron chi connectivity index (χ3n) is 5.32. The Balaban J connectivity index is 0.00000272. The Hall–Kier alpha value is -2.33. The van der Waals surface area contributed by atoms with E-state index in [-0.39, 0.29) is 30.1 Å². The number of halogens is 1. The summed E-state index contributed by atoms with van der Waals surface area (Å²) < 4.78 is 13.1. The van der Waals surface area contributed by atoms with Crippen molar-refractivity contribution in [1.82, 2.24) is 20.0 Å². The maximum absolute atomic E-state index is 5.98. The van der Waals surface area contributed by atoms with Gasteiger partial charge in [0, 0.05) is 31.9 Å². The lowest BCUT2D eigenvalue weighted by molar-refractivity contribution is -0.00805. The predicted octanol–water partition coefficient (Wildman–Crippen LogP) is 3.74. The van der Waals surface area contributed by atoms with Crippen LogP contribution >= 0.6 is 24.0 Å². The fourth-order valence-corrected chi connectivity index (χ4v) is 3.74. The van der Waals surface area contributed by atoms with Crippen LogP contribution in [-0.2, 0) is 18.3 Å². The third kappa shape index (κ3) is 5.68. The molecule has 1 saturated heterocycles. The lowest BCUT2D eigenvalue weighted by atomic mass is 10.1. The molecule has 4 rings (SSSR count). The molecule has 8 heteroatoms. The molecule has 0 saturated carbocycles. The monoisotopic (exact) mass is 535 g/mol. The number of guanidine groups is 1. The number of nitrogens with zero attached hydrogens (tertiary/aromatic N) is 4. The molecule has 0 bridgehead atoms. The molecule has 166 valence electrons. The molecule has 1 fully saturated rings. The van der Waals surface area contributed by atoms with Gasteiger partial charge in [-0.25, -0.2) is 4.99 Å². The summed E-state index contributed by atoms with van der Waals surface area (Å²) in [5.74, 6) is 1.79. The first-order valence-corrected chi connectivity index (χ1v) is 10.4. The molecule has 1 aliphatic rings. The summed E-state index contributed by atoms with van der Waals surface area (Å²) in [5.41, 5.74) is 2.28. The highest BCUT2D eigenvalue weighted by molar-refractivity contribution is 14.0. The molecule has 2 heterocycles. The van der Waals surface area contributed by atoms with Crippen LogP contribution in [0.25, 0.3) is 10.8 Å². The minimum Gasteiger partial charge on any atom is -0.497 e. The summed E-state index contributed by atoms with van der Waals surface area (Å²) in [6.07, 6.45) is 3.90. The van der Waals surface area contributed by atoms with Crippen molar-refractivity contribution < 1.29 is 9.47 Å². The van der Waals surface area contributed by atoms with E-state index in [1.165, 1.54) is 16.3 Å². The number of ether oxygens (including phenoxy) is 2. The first-order valence-electron chi connectivity index (χ1n) is 10.4. The van der Waals surface area contributed by atoms with Gasteiger partial charge in [-0.05, 0) is 41.5 Å². The van der Waals surface area contributed by atoms with Gasteiger partial charge in [-0.2, -0.15) is 5.10 Å². The maximum Gasteiger partial charge on any atom is 0.194 e. The number of hydrogen-bond acceptors (Lipinski definition) is 4. The molecule has 31 heavy (non-hydrogen) atoms. The highest BCUT2D eigenvalue weighted by atomic mass is 127. The van der Waals surface area contributed by atoms with Crippen molar-refractivity contribution in [2.24, 2.45) is 12.0 Å². The van der Waals surface area contributed by atoms with Crippen LogP contribution < -0.4 is 10.1 Å². The molecular weight excluding hydrogens is 505 g/mol. The number of fused-ring (bicyclic) bond motifs is 1. The molecule has 0 aliphatic carbocycles. The van der Waals surface area contributed by atoms with Crippen LogP contribution in [0.1, 0.15) is 24.2 Å². The zero-order valence-electron chi connectivity index (χ0n) is 18.2. The maximum atomic E-state index is 5.98. The van der Waals surface area contributed by atoms with Gasteiger partial charge in [0.25, 0.3) is 0 Å². The summed E-state index contributed by atoms with van der Waals surface area (Å²) in [7, 11) is 3.62. The molecule has 1 N–H and O–H groups in total. The Morgan fingerprint density at radius 3 is 2.81 bits per heavy atom. The van der Waals surface area contributed by atoms with E-state index < -0.39 is 0 Å². The van der Waals surface area contributed by atoms with E-state index in [4.69, 9.17) is 14.5 Å². The van der Waals surface area contributed by atoms with Crippen molar-refractivity contribution in [3.63, 3.8) is 0 Å². The van der Waals surface area contributed by atoms with Gasteiger partial charge in [-0.15, -0.1) is 24.0 Å². The fraction of sp³-hybridized carbons (Fsp3) is 0.391. The van der Waals surface area contributed by atoms with E-state index >= 15 is 0 Å². The average Bonchev–Trinajstić information content (AvgIpc) is 3.22. The van der Waals surface area contributed by atoms with Gasteiger partial charge in [0.2, 0.25) is 0 Å². The molecule has 0 spiro atoms. The van der Waals surface area contributed by atoms with Crippen molar-refractivity contribution in [3.8, 4) is 5.75 Å². The van der Waals surface area contributed by atoms with Crippen molar-refractivity contribution >= 4 is 40.7 Å². The summed E-state index contributed by atoms with van der Waals surface area (Å²) >= 11 is 0. The number of benzene rings is 2. The highest BCUT2D eigenvalue weighted by Gasteiger charge is 2.25. The standard InChI is InChI=1S/C23H29N5O2.HI/c1-4-24-23(28-9-10-30-22(16-28)20-14-26-27(2)15-20)25-13-17-5-6-19-12-21(29-3)8-7-18(19)11-17;/h5-8,11-12,14-15,22H,4,9-10,13,16H2,1-3H3,(H,24,25);1H. The number of aryl methyl sites for hydroxylation is 1. The molecule has 2 aromatic carbocycles. The smallest absolute Gasteiger partial charge is 0.194 e. The number of morpholine rings is 1. The fourth-order valence-electron chi connectivity index (χ4n) is 3.74.